The molecule has 1 atom stereocenters. The first-order valence-corrected chi connectivity index (χ1v) is 8.40. The lowest BCUT2D eigenvalue weighted by Gasteiger charge is -2.17. The average molecular weight is 324 g/mol. The van der Waals surface area contributed by atoms with E-state index in [1.807, 2.05) is 30.3 Å². The molecule has 0 fully saturated rings. The summed E-state index contributed by atoms with van der Waals surface area (Å²) in [5, 5.41) is 4.22. The van der Waals surface area contributed by atoms with Gasteiger partial charge in [-0.2, -0.15) is 0 Å². The number of likely N-dealkylation sites (N-methyl/N-ethyl adjacent to an activating group) is 1. The summed E-state index contributed by atoms with van der Waals surface area (Å²) in [6.45, 7) is 2.99. The molecule has 0 aliphatic carbocycles. The molecule has 0 amide bonds. The van der Waals surface area contributed by atoms with Gasteiger partial charge in [-0.1, -0.05) is 30.7 Å². The zero-order valence-electron chi connectivity index (χ0n) is 12.0. The minimum Gasteiger partial charge on any atom is -0.313 e. The number of hydrogen-bond acceptors (Lipinski definition) is 2. The molecule has 0 saturated heterocycles. The van der Waals surface area contributed by atoms with Crippen LogP contribution in [0.3, 0.4) is 0 Å². The molecule has 21 heavy (non-hydrogen) atoms. The van der Waals surface area contributed by atoms with Crippen molar-refractivity contribution in [3.8, 4) is 0 Å². The van der Waals surface area contributed by atoms with Gasteiger partial charge in [0.1, 0.15) is 5.82 Å². The van der Waals surface area contributed by atoms with Crippen molar-refractivity contribution < 1.29 is 4.39 Å². The number of rotatable bonds is 7. The van der Waals surface area contributed by atoms with E-state index in [-0.39, 0.29) is 5.82 Å². The van der Waals surface area contributed by atoms with Gasteiger partial charge in [-0.25, -0.2) is 4.39 Å². The van der Waals surface area contributed by atoms with Gasteiger partial charge in [0, 0.05) is 21.7 Å². The standard InChI is InChI=1S/C17H19ClFNS/c1-2-20-16(11-13-4-3-5-15(19)10-13)12-21-17-8-6-14(18)7-9-17/h3-10,16,20H,2,11-12H2,1H3. The van der Waals surface area contributed by atoms with Gasteiger partial charge in [-0.15, -0.1) is 11.8 Å². The molecular formula is C17H19ClFNS. The van der Waals surface area contributed by atoms with Crippen molar-refractivity contribution >= 4 is 23.4 Å². The van der Waals surface area contributed by atoms with Crippen LogP contribution in [0.2, 0.25) is 5.02 Å². The van der Waals surface area contributed by atoms with Gasteiger partial charge in [0.15, 0.2) is 0 Å². The van der Waals surface area contributed by atoms with Crippen LogP contribution in [0, 0.1) is 5.82 Å². The van der Waals surface area contributed by atoms with E-state index < -0.39 is 0 Å². The quantitative estimate of drug-likeness (QED) is 0.735. The van der Waals surface area contributed by atoms with E-state index in [1.54, 1.807) is 23.9 Å². The summed E-state index contributed by atoms with van der Waals surface area (Å²) in [5.41, 5.74) is 1.03. The Bertz CT molecular complexity index is 559. The Labute approximate surface area is 134 Å². The Morgan fingerprint density at radius 3 is 2.62 bits per heavy atom. The van der Waals surface area contributed by atoms with Gasteiger partial charge in [-0.05, 0) is 54.9 Å². The highest BCUT2D eigenvalue weighted by molar-refractivity contribution is 7.99. The van der Waals surface area contributed by atoms with Gasteiger partial charge in [0.25, 0.3) is 0 Å². The lowest BCUT2D eigenvalue weighted by molar-refractivity contribution is 0.568. The third-order valence-electron chi connectivity index (χ3n) is 3.13. The minimum absolute atomic E-state index is 0.173. The number of benzene rings is 2. The van der Waals surface area contributed by atoms with Crippen molar-refractivity contribution in [2.24, 2.45) is 0 Å². The first kappa shape index (κ1) is 16.3. The number of halogens is 2. The van der Waals surface area contributed by atoms with Crippen molar-refractivity contribution in [1.82, 2.24) is 5.32 Å². The van der Waals surface area contributed by atoms with Crippen LogP contribution in [0.1, 0.15) is 12.5 Å². The zero-order chi connectivity index (χ0) is 15.1. The number of nitrogens with one attached hydrogen (secondary N) is 1. The molecule has 0 saturated carbocycles. The van der Waals surface area contributed by atoms with E-state index in [1.165, 1.54) is 11.0 Å². The van der Waals surface area contributed by atoms with Crippen LogP contribution in [0.4, 0.5) is 4.39 Å². The lowest BCUT2D eigenvalue weighted by Crippen LogP contribution is -2.33. The third-order valence-corrected chi connectivity index (χ3v) is 4.56. The van der Waals surface area contributed by atoms with Crippen molar-refractivity contribution in [1.29, 1.82) is 0 Å². The smallest absolute Gasteiger partial charge is 0.123 e. The van der Waals surface area contributed by atoms with Crippen molar-refractivity contribution in [3.05, 3.63) is 64.9 Å². The Morgan fingerprint density at radius 1 is 1.19 bits per heavy atom. The molecule has 0 aromatic heterocycles. The van der Waals surface area contributed by atoms with E-state index in [4.69, 9.17) is 11.6 Å². The van der Waals surface area contributed by atoms with Crippen LogP contribution in [-0.2, 0) is 6.42 Å². The van der Waals surface area contributed by atoms with E-state index in [0.717, 1.165) is 29.3 Å². The van der Waals surface area contributed by atoms with E-state index in [9.17, 15) is 4.39 Å². The van der Waals surface area contributed by atoms with Gasteiger partial charge in [-0.3, -0.25) is 0 Å². The minimum atomic E-state index is -0.173. The normalized spacial score (nSPS) is 12.3. The molecule has 0 spiro atoms. The van der Waals surface area contributed by atoms with Crippen LogP contribution in [0.15, 0.2) is 53.4 Å². The van der Waals surface area contributed by atoms with Crippen molar-refractivity contribution in [3.63, 3.8) is 0 Å². The van der Waals surface area contributed by atoms with Crippen LogP contribution < -0.4 is 5.32 Å². The summed E-state index contributed by atoms with van der Waals surface area (Å²) < 4.78 is 13.3. The first-order valence-electron chi connectivity index (χ1n) is 7.03. The third kappa shape index (κ3) is 5.70. The molecule has 2 rings (SSSR count). The highest BCUT2D eigenvalue weighted by Crippen LogP contribution is 2.22. The molecule has 1 unspecified atom stereocenters. The summed E-state index contributed by atoms with van der Waals surface area (Å²) in [6.07, 6.45) is 0.826. The lowest BCUT2D eigenvalue weighted by atomic mass is 10.1. The average Bonchev–Trinajstić information content (AvgIpc) is 2.47. The molecule has 2 aromatic rings. The molecule has 1 N–H and O–H groups in total. The molecule has 2 aromatic carbocycles. The Morgan fingerprint density at radius 2 is 1.95 bits per heavy atom. The molecule has 1 nitrogen and oxygen atoms in total. The number of hydrogen-bond donors (Lipinski definition) is 1. The summed E-state index contributed by atoms with van der Waals surface area (Å²) in [7, 11) is 0. The van der Waals surface area contributed by atoms with Crippen LogP contribution in [0.25, 0.3) is 0 Å². The van der Waals surface area contributed by atoms with Gasteiger partial charge < -0.3 is 5.32 Å². The van der Waals surface area contributed by atoms with Gasteiger partial charge in [0.05, 0.1) is 0 Å². The molecule has 4 heteroatoms. The second kappa shape index (κ2) is 8.42. The predicted molar refractivity (Wildman–Crippen MR) is 89.7 cm³/mol. The highest BCUT2D eigenvalue weighted by atomic mass is 35.5. The maximum Gasteiger partial charge on any atom is 0.123 e. The second-order valence-electron chi connectivity index (χ2n) is 4.85. The van der Waals surface area contributed by atoms with Crippen LogP contribution >= 0.6 is 23.4 Å². The molecule has 0 bridgehead atoms. The maximum absolute atomic E-state index is 13.3. The summed E-state index contributed by atoms with van der Waals surface area (Å²) >= 11 is 7.67. The fourth-order valence-corrected chi connectivity index (χ4v) is 3.24. The van der Waals surface area contributed by atoms with Crippen molar-refractivity contribution in [2.75, 3.05) is 12.3 Å². The van der Waals surface area contributed by atoms with E-state index in [0.29, 0.717) is 6.04 Å². The van der Waals surface area contributed by atoms with Crippen molar-refractivity contribution in [2.45, 2.75) is 24.3 Å². The molecule has 0 aliphatic rings. The predicted octanol–water partition coefficient (Wildman–Crippen LogP) is 4.79. The summed E-state index contributed by atoms with van der Waals surface area (Å²) in [4.78, 5) is 1.20. The highest BCUT2D eigenvalue weighted by Gasteiger charge is 2.10. The van der Waals surface area contributed by atoms with Crippen LogP contribution in [0.5, 0.6) is 0 Å². The SMILES string of the molecule is CCNC(CSc1ccc(Cl)cc1)Cc1cccc(F)c1. The largest absolute Gasteiger partial charge is 0.313 e. The first-order chi connectivity index (χ1) is 10.2. The second-order valence-corrected chi connectivity index (χ2v) is 6.38. The van der Waals surface area contributed by atoms with Gasteiger partial charge >= 0.3 is 0 Å². The fraction of sp³-hybridized carbons (Fsp3) is 0.294. The topological polar surface area (TPSA) is 12.0 Å². The summed E-state index contributed by atoms with van der Waals surface area (Å²) in [6, 6.07) is 15.0. The van der Waals surface area contributed by atoms with E-state index in [2.05, 4.69) is 12.2 Å². The molecule has 0 heterocycles. The van der Waals surface area contributed by atoms with E-state index >= 15 is 0 Å². The summed E-state index contributed by atoms with van der Waals surface area (Å²) in [5.74, 6) is 0.763. The Hall–Kier alpha value is -1.03. The molecule has 112 valence electrons. The maximum atomic E-state index is 13.3. The number of thioether (sulfide) groups is 1. The van der Waals surface area contributed by atoms with Gasteiger partial charge in [0.2, 0.25) is 0 Å². The fourth-order valence-electron chi connectivity index (χ4n) is 2.15. The Balaban J connectivity index is 1.93. The Kier molecular flexibility index (Phi) is 6.55. The molecule has 0 aliphatic heterocycles. The monoisotopic (exact) mass is 323 g/mol. The van der Waals surface area contributed by atoms with Crippen LogP contribution in [-0.4, -0.2) is 18.3 Å². The zero-order valence-corrected chi connectivity index (χ0v) is 13.6. The molecular weight excluding hydrogens is 305 g/mol. The molecule has 0 radical (unpaired) electrons.